The molecule has 0 aliphatic carbocycles. The summed E-state index contributed by atoms with van der Waals surface area (Å²) in [6.07, 6.45) is 13.2. The summed E-state index contributed by atoms with van der Waals surface area (Å²) in [5, 5.41) is 8.62. The van der Waals surface area contributed by atoms with E-state index in [0.717, 1.165) is 12.8 Å². The third-order valence-corrected chi connectivity index (χ3v) is 4.34. The maximum atomic E-state index is 11.6. The third-order valence-electron chi connectivity index (χ3n) is 3.53. The van der Waals surface area contributed by atoms with Crippen molar-refractivity contribution in [3.8, 4) is 0 Å². The second-order valence-corrected chi connectivity index (χ2v) is 7.49. The van der Waals surface area contributed by atoms with Gasteiger partial charge < -0.3 is 9.84 Å². The number of hydrogen-bond acceptors (Lipinski definition) is 5. The lowest BCUT2D eigenvalue weighted by atomic mass is 10.1. The van der Waals surface area contributed by atoms with E-state index < -0.39 is 10.0 Å². The zero-order valence-corrected chi connectivity index (χ0v) is 15.1. The number of carbonyl (C=O) groups is 1. The van der Waals surface area contributed by atoms with Gasteiger partial charge in [-0.25, -0.2) is 4.79 Å². The predicted molar refractivity (Wildman–Crippen MR) is 95.2 cm³/mol. The van der Waals surface area contributed by atoms with E-state index in [9.17, 15) is 4.79 Å². The van der Waals surface area contributed by atoms with Gasteiger partial charge in [0.2, 0.25) is 0 Å². The number of esters is 1. The molecule has 0 amide bonds. The number of unbranched alkanes of at least 4 members (excludes halogenated alkanes) is 9. The van der Waals surface area contributed by atoms with Crippen molar-refractivity contribution in [1.29, 1.82) is 0 Å². The molecule has 0 atom stereocenters. The van der Waals surface area contributed by atoms with Gasteiger partial charge in [-0.3, -0.25) is 0 Å². The van der Waals surface area contributed by atoms with Crippen LogP contribution in [0.3, 0.4) is 0 Å². The topological polar surface area (TPSA) is 46.5 Å². The lowest BCUT2D eigenvalue weighted by Crippen LogP contribution is -2.29. The van der Waals surface area contributed by atoms with E-state index in [-0.39, 0.29) is 13.2 Å². The quantitative estimate of drug-likeness (QED) is 0.191. The van der Waals surface area contributed by atoms with Crippen molar-refractivity contribution in [2.75, 3.05) is 13.2 Å². The largest absolute Gasteiger partial charge is 0.462 e. The van der Waals surface area contributed by atoms with Crippen LogP contribution in [0.1, 0.15) is 77.6 Å². The molecule has 0 fully saturated rings. The molecule has 0 spiro atoms. The Balaban J connectivity index is 3.46. The van der Waals surface area contributed by atoms with Crippen LogP contribution < -0.4 is 0 Å². The summed E-state index contributed by atoms with van der Waals surface area (Å²) in [6, 6.07) is 0. The van der Waals surface area contributed by atoms with E-state index in [1.165, 1.54) is 51.4 Å². The van der Waals surface area contributed by atoms with Crippen LogP contribution in [0.2, 0.25) is 0 Å². The first kappa shape index (κ1) is 21.1. The van der Waals surface area contributed by atoms with Crippen LogP contribution in [-0.4, -0.2) is 28.4 Å². The minimum Gasteiger partial charge on any atom is -0.462 e. The molecule has 21 heavy (non-hydrogen) atoms. The lowest BCUT2D eigenvalue weighted by Gasteiger charge is -2.20. The van der Waals surface area contributed by atoms with Gasteiger partial charge in [-0.15, -0.1) is 0 Å². The van der Waals surface area contributed by atoms with E-state index in [2.05, 4.69) is 32.2 Å². The summed E-state index contributed by atoms with van der Waals surface area (Å²) in [5.74, 6) is -0.459. The minimum atomic E-state index is -1.03. The molecule has 5 heteroatoms. The van der Waals surface area contributed by atoms with E-state index in [1.54, 1.807) is 0 Å². The van der Waals surface area contributed by atoms with Crippen molar-refractivity contribution in [3.63, 3.8) is 0 Å². The highest BCUT2D eigenvalue weighted by Gasteiger charge is 2.31. The fourth-order valence-corrected chi connectivity index (χ4v) is 2.66. The Morgan fingerprint density at radius 3 is 1.90 bits per heavy atom. The van der Waals surface area contributed by atoms with Gasteiger partial charge in [0.05, 0.1) is 6.61 Å². The number of ether oxygens (including phenoxy) is 1. The van der Waals surface area contributed by atoms with Crippen LogP contribution in [-0.2, 0) is 9.53 Å². The summed E-state index contributed by atoms with van der Waals surface area (Å²) in [7, 11) is 0. The molecule has 1 N–H and O–H groups in total. The van der Waals surface area contributed by atoms with Gasteiger partial charge in [0.1, 0.15) is 6.61 Å². The van der Waals surface area contributed by atoms with Crippen molar-refractivity contribution < 1.29 is 14.6 Å². The molecule has 0 aliphatic heterocycles. The number of carbonyl (C=O) groups excluding carboxylic acids is 1. The summed E-state index contributed by atoms with van der Waals surface area (Å²) < 4.78 is 3.82. The van der Waals surface area contributed by atoms with E-state index in [1.807, 2.05) is 0 Å². The Labute approximate surface area is 141 Å². The van der Waals surface area contributed by atoms with Crippen molar-refractivity contribution >= 4 is 31.2 Å². The van der Waals surface area contributed by atoms with Gasteiger partial charge in [0.25, 0.3) is 0 Å². The van der Waals surface area contributed by atoms with E-state index in [4.69, 9.17) is 9.84 Å². The molecule has 126 valence electrons. The van der Waals surface area contributed by atoms with E-state index in [0.29, 0.717) is 6.42 Å². The molecule has 0 aromatic rings. The van der Waals surface area contributed by atoms with Crippen LogP contribution in [0.15, 0.2) is 0 Å². The minimum absolute atomic E-state index is 0.0136. The highest BCUT2D eigenvalue weighted by Crippen LogP contribution is 2.28. The third kappa shape index (κ3) is 12.4. The van der Waals surface area contributed by atoms with Crippen molar-refractivity contribution in [1.82, 2.24) is 0 Å². The highest BCUT2D eigenvalue weighted by molar-refractivity contribution is 8.01. The van der Waals surface area contributed by atoms with Crippen molar-refractivity contribution in [2.24, 2.45) is 0 Å². The Hall–Kier alpha value is 0.130. The van der Waals surface area contributed by atoms with E-state index >= 15 is 0 Å². The van der Waals surface area contributed by atoms with Crippen LogP contribution in [0.4, 0.5) is 0 Å². The number of hydrogen-bond donors (Lipinski definition) is 3. The van der Waals surface area contributed by atoms with Crippen LogP contribution in [0, 0.1) is 0 Å². The number of aliphatic hydroxyl groups excluding tert-OH is 1. The van der Waals surface area contributed by atoms with Crippen molar-refractivity contribution in [3.05, 3.63) is 0 Å². The Morgan fingerprint density at radius 2 is 1.43 bits per heavy atom. The van der Waals surface area contributed by atoms with Gasteiger partial charge >= 0.3 is 5.97 Å². The standard InChI is InChI=1S/C16H32O3S2/c1-2-3-4-5-6-7-8-9-10-11-12-16(20,21)15(18)19-14-13-17/h17,20-21H,2-14H2,1H3. The first-order valence-corrected chi connectivity index (χ1v) is 9.17. The molecule has 0 aromatic heterocycles. The molecule has 0 saturated heterocycles. The average Bonchev–Trinajstić information content (AvgIpc) is 2.46. The maximum Gasteiger partial charge on any atom is 0.332 e. The van der Waals surface area contributed by atoms with Gasteiger partial charge in [0.15, 0.2) is 4.08 Å². The maximum absolute atomic E-state index is 11.6. The second-order valence-electron chi connectivity index (χ2n) is 5.61. The van der Waals surface area contributed by atoms with Crippen LogP contribution in [0.5, 0.6) is 0 Å². The SMILES string of the molecule is CCCCCCCCCCCCC(S)(S)C(=O)OCCO. The Kier molecular flexibility index (Phi) is 13.9. The molecule has 0 aromatic carbocycles. The first-order chi connectivity index (χ1) is 10.0. The molecule has 0 aliphatic rings. The Morgan fingerprint density at radius 1 is 0.952 bits per heavy atom. The highest BCUT2D eigenvalue weighted by atomic mass is 32.2. The summed E-state index contributed by atoms with van der Waals surface area (Å²) in [4.78, 5) is 11.6. The molecule has 0 saturated carbocycles. The molecule has 0 rings (SSSR count). The fourth-order valence-electron chi connectivity index (χ4n) is 2.21. The van der Waals surface area contributed by atoms with Gasteiger partial charge in [-0.05, 0) is 6.42 Å². The first-order valence-electron chi connectivity index (χ1n) is 8.27. The average molecular weight is 337 g/mol. The molecule has 0 heterocycles. The molecular weight excluding hydrogens is 304 g/mol. The second kappa shape index (κ2) is 13.8. The lowest BCUT2D eigenvalue weighted by molar-refractivity contribution is -0.145. The molecule has 0 bridgehead atoms. The van der Waals surface area contributed by atoms with Crippen molar-refractivity contribution in [2.45, 2.75) is 81.6 Å². The monoisotopic (exact) mass is 336 g/mol. The predicted octanol–water partition coefficient (Wildman–Crippen LogP) is 4.39. The molecule has 3 nitrogen and oxygen atoms in total. The number of rotatable bonds is 14. The summed E-state index contributed by atoms with van der Waals surface area (Å²) >= 11 is 8.51. The zero-order chi connectivity index (χ0) is 16.0. The van der Waals surface area contributed by atoms with Gasteiger partial charge in [-0.1, -0.05) is 71.1 Å². The Bertz CT molecular complexity index is 258. The smallest absolute Gasteiger partial charge is 0.332 e. The molecule has 0 radical (unpaired) electrons. The fraction of sp³-hybridized carbons (Fsp3) is 0.938. The molecule has 0 unspecified atom stereocenters. The van der Waals surface area contributed by atoms with Crippen LogP contribution in [0.25, 0.3) is 0 Å². The van der Waals surface area contributed by atoms with Gasteiger partial charge in [0, 0.05) is 0 Å². The van der Waals surface area contributed by atoms with Gasteiger partial charge in [-0.2, -0.15) is 25.3 Å². The summed E-state index contributed by atoms with van der Waals surface area (Å²) in [5.41, 5.74) is 0. The number of thiol groups is 2. The summed E-state index contributed by atoms with van der Waals surface area (Å²) in [6.45, 7) is 2.09. The zero-order valence-electron chi connectivity index (χ0n) is 13.4. The number of aliphatic hydroxyl groups is 1. The normalized spacial score (nSPS) is 11.6. The van der Waals surface area contributed by atoms with Crippen LogP contribution >= 0.6 is 25.3 Å². The molecular formula is C16H32O3S2.